The second-order valence-corrected chi connectivity index (χ2v) is 5.22. The summed E-state index contributed by atoms with van der Waals surface area (Å²) in [6, 6.07) is 5.24. The van der Waals surface area contributed by atoms with Gasteiger partial charge in [0.2, 0.25) is 5.91 Å². The van der Waals surface area contributed by atoms with E-state index in [1.54, 1.807) is 25.1 Å². The zero-order chi connectivity index (χ0) is 14.7. The third kappa shape index (κ3) is 3.42. The summed E-state index contributed by atoms with van der Waals surface area (Å²) in [4.78, 5) is 25.0. The van der Waals surface area contributed by atoms with E-state index in [1.807, 2.05) is 6.92 Å². The fourth-order valence-electron chi connectivity index (χ4n) is 2.07. The summed E-state index contributed by atoms with van der Waals surface area (Å²) in [7, 11) is 0. The summed E-state index contributed by atoms with van der Waals surface area (Å²) in [6.45, 7) is 4.64. The lowest BCUT2D eigenvalue weighted by Crippen LogP contribution is -2.53. The molecule has 2 amide bonds. The Labute approximate surface area is 122 Å². The normalized spacial score (nSPS) is 16.6. The number of hydrogen-bond donors (Lipinski definition) is 1. The number of carbonyl (C=O) groups excluding carboxylic acids is 2. The number of hydrogen-bond acceptors (Lipinski definition) is 3. The first-order valence-corrected chi connectivity index (χ1v) is 6.83. The minimum Gasteiger partial charge on any atom is -0.481 e. The zero-order valence-corrected chi connectivity index (χ0v) is 12.2. The van der Waals surface area contributed by atoms with Gasteiger partial charge in [0.05, 0.1) is 6.54 Å². The summed E-state index contributed by atoms with van der Waals surface area (Å²) >= 11 is 5.88. The number of nitrogens with one attached hydrogen (secondary N) is 1. The minimum atomic E-state index is -0.638. The van der Waals surface area contributed by atoms with Gasteiger partial charge in [0.15, 0.2) is 6.10 Å². The van der Waals surface area contributed by atoms with E-state index in [1.165, 1.54) is 4.90 Å². The third-order valence-electron chi connectivity index (χ3n) is 3.14. The van der Waals surface area contributed by atoms with Gasteiger partial charge in [-0.3, -0.25) is 9.59 Å². The molecule has 2 rings (SSSR count). The Hall–Kier alpha value is -1.75. The maximum Gasteiger partial charge on any atom is 0.263 e. The second-order valence-electron chi connectivity index (χ2n) is 4.78. The molecule has 1 unspecified atom stereocenters. The van der Waals surface area contributed by atoms with Crippen molar-refractivity contribution in [2.24, 2.45) is 0 Å². The molecule has 6 heteroatoms. The Morgan fingerprint density at radius 3 is 2.90 bits per heavy atom. The molecule has 1 heterocycles. The molecule has 20 heavy (non-hydrogen) atoms. The van der Waals surface area contributed by atoms with Crippen molar-refractivity contribution in [3.8, 4) is 5.75 Å². The Bertz CT molecular complexity index is 533. The highest BCUT2D eigenvalue weighted by Crippen LogP contribution is 2.23. The molecule has 1 aromatic rings. The van der Waals surface area contributed by atoms with Gasteiger partial charge in [0.25, 0.3) is 5.91 Å². The number of ether oxygens (including phenoxy) is 1. The average Bonchev–Trinajstić information content (AvgIpc) is 2.41. The van der Waals surface area contributed by atoms with Crippen molar-refractivity contribution in [2.75, 3.05) is 19.6 Å². The molecule has 0 radical (unpaired) electrons. The fraction of sp³-hybridized carbons (Fsp3) is 0.429. The van der Waals surface area contributed by atoms with E-state index < -0.39 is 6.10 Å². The van der Waals surface area contributed by atoms with Crippen LogP contribution in [0.4, 0.5) is 0 Å². The molecular formula is C14H17ClN2O3. The number of carbonyl (C=O) groups is 2. The van der Waals surface area contributed by atoms with Crippen LogP contribution in [-0.2, 0) is 9.59 Å². The summed E-state index contributed by atoms with van der Waals surface area (Å²) in [5, 5.41) is 3.31. The highest BCUT2D eigenvalue weighted by Gasteiger charge is 2.26. The van der Waals surface area contributed by atoms with Crippen molar-refractivity contribution in [3.63, 3.8) is 0 Å². The molecule has 0 spiro atoms. The highest BCUT2D eigenvalue weighted by atomic mass is 35.5. The van der Waals surface area contributed by atoms with Gasteiger partial charge >= 0.3 is 0 Å². The molecule has 0 bridgehead atoms. The molecule has 1 aliphatic heterocycles. The van der Waals surface area contributed by atoms with Crippen LogP contribution < -0.4 is 10.1 Å². The molecule has 1 N–H and O–H groups in total. The van der Waals surface area contributed by atoms with Crippen LogP contribution in [0, 0.1) is 6.92 Å². The van der Waals surface area contributed by atoms with Crippen LogP contribution in [0.15, 0.2) is 18.2 Å². The van der Waals surface area contributed by atoms with Gasteiger partial charge in [0.1, 0.15) is 5.75 Å². The maximum atomic E-state index is 12.2. The van der Waals surface area contributed by atoms with Crippen molar-refractivity contribution in [3.05, 3.63) is 28.8 Å². The predicted octanol–water partition coefficient (Wildman–Crippen LogP) is 1.37. The summed E-state index contributed by atoms with van der Waals surface area (Å²) in [5.74, 6) is 0.297. The van der Waals surface area contributed by atoms with Gasteiger partial charge in [-0.15, -0.1) is 0 Å². The van der Waals surface area contributed by atoms with Crippen molar-refractivity contribution in [1.82, 2.24) is 10.2 Å². The van der Waals surface area contributed by atoms with E-state index in [2.05, 4.69) is 5.32 Å². The third-order valence-corrected chi connectivity index (χ3v) is 3.37. The number of piperazine rings is 1. The number of aryl methyl sites for hydroxylation is 1. The quantitative estimate of drug-likeness (QED) is 0.916. The average molecular weight is 297 g/mol. The lowest BCUT2D eigenvalue weighted by molar-refractivity contribution is -0.143. The number of halogens is 1. The standard InChI is InChI=1S/C14H17ClN2O3/c1-9-7-11(15)3-4-12(9)20-10(2)14(19)17-6-5-16-13(18)8-17/h3-4,7,10H,5-6,8H2,1-2H3,(H,16,18). The smallest absolute Gasteiger partial charge is 0.263 e. The van der Waals surface area contributed by atoms with Crippen molar-refractivity contribution in [2.45, 2.75) is 20.0 Å². The minimum absolute atomic E-state index is 0.0894. The number of amides is 2. The van der Waals surface area contributed by atoms with E-state index in [-0.39, 0.29) is 18.4 Å². The van der Waals surface area contributed by atoms with Crippen molar-refractivity contribution >= 4 is 23.4 Å². The van der Waals surface area contributed by atoms with Crippen LogP contribution >= 0.6 is 11.6 Å². The molecule has 0 saturated carbocycles. The second kappa shape index (κ2) is 6.13. The van der Waals surface area contributed by atoms with Gasteiger partial charge < -0.3 is 15.0 Å². The topological polar surface area (TPSA) is 58.6 Å². The first-order valence-electron chi connectivity index (χ1n) is 6.45. The number of rotatable bonds is 3. The molecule has 108 valence electrons. The first-order chi connectivity index (χ1) is 9.47. The van der Waals surface area contributed by atoms with Gasteiger partial charge in [0, 0.05) is 18.1 Å². The van der Waals surface area contributed by atoms with Crippen LogP contribution in [0.2, 0.25) is 5.02 Å². The van der Waals surface area contributed by atoms with Crippen molar-refractivity contribution in [1.29, 1.82) is 0 Å². The molecular weight excluding hydrogens is 280 g/mol. The zero-order valence-electron chi connectivity index (χ0n) is 11.5. The number of benzene rings is 1. The van der Waals surface area contributed by atoms with Gasteiger partial charge in [-0.05, 0) is 37.6 Å². The molecule has 1 aromatic carbocycles. The van der Waals surface area contributed by atoms with Crippen LogP contribution in [0.5, 0.6) is 5.75 Å². The Morgan fingerprint density at radius 2 is 2.25 bits per heavy atom. The lowest BCUT2D eigenvalue weighted by atomic mass is 10.2. The maximum absolute atomic E-state index is 12.2. The Morgan fingerprint density at radius 1 is 1.50 bits per heavy atom. The SMILES string of the molecule is Cc1cc(Cl)ccc1OC(C)C(=O)N1CCNC(=O)C1. The Kier molecular flexibility index (Phi) is 4.49. The summed E-state index contributed by atoms with van der Waals surface area (Å²) in [5.41, 5.74) is 0.869. The molecule has 1 fully saturated rings. The highest BCUT2D eigenvalue weighted by molar-refractivity contribution is 6.30. The molecule has 0 aromatic heterocycles. The predicted molar refractivity (Wildman–Crippen MR) is 75.9 cm³/mol. The van der Waals surface area contributed by atoms with Gasteiger partial charge in [-0.25, -0.2) is 0 Å². The largest absolute Gasteiger partial charge is 0.481 e. The monoisotopic (exact) mass is 296 g/mol. The van der Waals surface area contributed by atoms with Crippen LogP contribution in [0.3, 0.4) is 0 Å². The molecule has 1 aliphatic rings. The fourth-order valence-corrected chi connectivity index (χ4v) is 2.30. The van der Waals surface area contributed by atoms with E-state index in [0.717, 1.165) is 5.56 Å². The lowest BCUT2D eigenvalue weighted by Gasteiger charge is -2.29. The molecule has 1 saturated heterocycles. The summed E-state index contributed by atoms with van der Waals surface area (Å²) in [6.07, 6.45) is -0.638. The van der Waals surface area contributed by atoms with Crippen molar-refractivity contribution < 1.29 is 14.3 Å². The van der Waals surface area contributed by atoms with Gasteiger partial charge in [-0.2, -0.15) is 0 Å². The van der Waals surface area contributed by atoms with Crippen LogP contribution in [0.1, 0.15) is 12.5 Å². The summed E-state index contributed by atoms with van der Waals surface area (Å²) < 4.78 is 5.67. The molecule has 1 atom stereocenters. The number of nitrogens with zero attached hydrogens (tertiary/aromatic N) is 1. The first kappa shape index (κ1) is 14.7. The van der Waals surface area contributed by atoms with Gasteiger partial charge in [-0.1, -0.05) is 11.6 Å². The molecule has 5 nitrogen and oxygen atoms in total. The van der Waals surface area contributed by atoms with E-state index in [9.17, 15) is 9.59 Å². The van der Waals surface area contributed by atoms with Crippen LogP contribution in [0.25, 0.3) is 0 Å². The van der Waals surface area contributed by atoms with Crippen LogP contribution in [-0.4, -0.2) is 42.5 Å². The van der Waals surface area contributed by atoms with E-state index in [0.29, 0.717) is 23.9 Å². The Balaban J connectivity index is 2.01. The van der Waals surface area contributed by atoms with E-state index in [4.69, 9.17) is 16.3 Å². The van der Waals surface area contributed by atoms with E-state index >= 15 is 0 Å². The molecule has 0 aliphatic carbocycles.